The predicted molar refractivity (Wildman–Crippen MR) is 74.6 cm³/mol. The van der Waals surface area contributed by atoms with E-state index in [0.717, 1.165) is 17.8 Å². The Morgan fingerprint density at radius 2 is 2.24 bits per heavy atom. The van der Waals surface area contributed by atoms with Gasteiger partial charge in [-0.1, -0.05) is 0 Å². The fourth-order valence-electron chi connectivity index (χ4n) is 2.04. The smallest absolute Gasteiger partial charge is 0.270 e. The van der Waals surface area contributed by atoms with Gasteiger partial charge in [0.15, 0.2) is 0 Å². The van der Waals surface area contributed by atoms with E-state index in [9.17, 15) is 4.79 Å². The van der Waals surface area contributed by atoms with Crippen molar-refractivity contribution < 1.29 is 4.79 Å². The summed E-state index contributed by atoms with van der Waals surface area (Å²) in [7, 11) is 0. The molecule has 1 amide bonds. The van der Waals surface area contributed by atoms with E-state index in [1.807, 2.05) is 24.7 Å². The summed E-state index contributed by atoms with van der Waals surface area (Å²) in [5.74, 6) is 0.194. The Morgan fingerprint density at radius 1 is 1.38 bits per heavy atom. The summed E-state index contributed by atoms with van der Waals surface area (Å²) in [6.07, 6.45) is 5.03. The van der Waals surface area contributed by atoms with Crippen LogP contribution >= 0.6 is 0 Å². The quantitative estimate of drug-likeness (QED) is 0.757. The minimum absolute atomic E-state index is 0.222. The molecule has 1 N–H and O–H groups in total. The molecule has 108 valence electrons. The van der Waals surface area contributed by atoms with Crippen molar-refractivity contribution in [2.75, 3.05) is 0 Å². The first-order chi connectivity index (χ1) is 10.2. The number of carbonyl (C=O) groups is 1. The summed E-state index contributed by atoms with van der Waals surface area (Å²) in [5, 5.41) is 11.0. The minimum Gasteiger partial charge on any atom is -0.347 e. The summed E-state index contributed by atoms with van der Waals surface area (Å²) in [6, 6.07) is 1.69. The summed E-state index contributed by atoms with van der Waals surface area (Å²) in [4.78, 5) is 20.5. The standard InChI is InChI=1S/C13H15N7O/c1-3-19-7-10(6-16-19)5-14-12(21)11-4-9(2)18-13-15-8-17-20(11)13/h4,6-8H,3,5H2,1-2H3,(H,14,21). The number of hydrogen-bond donors (Lipinski definition) is 1. The zero-order valence-corrected chi connectivity index (χ0v) is 11.8. The predicted octanol–water partition coefficient (Wildman–Crippen LogP) is 0.579. The molecule has 0 spiro atoms. The fraction of sp³-hybridized carbons (Fsp3) is 0.308. The first kappa shape index (κ1) is 13.2. The van der Waals surface area contributed by atoms with Crippen LogP contribution in [0.2, 0.25) is 0 Å². The van der Waals surface area contributed by atoms with Crippen LogP contribution in [-0.4, -0.2) is 35.3 Å². The van der Waals surface area contributed by atoms with Gasteiger partial charge in [0.1, 0.15) is 12.0 Å². The molecular weight excluding hydrogens is 270 g/mol. The summed E-state index contributed by atoms with van der Waals surface area (Å²) in [5.41, 5.74) is 2.09. The third-order valence-corrected chi connectivity index (χ3v) is 3.08. The maximum absolute atomic E-state index is 12.3. The third kappa shape index (κ3) is 2.60. The van der Waals surface area contributed by atoms with Crippen LogP contribution in [0, 0.1) is 6.92 Å². The molecule has 3 rings (SSSR count). The van der Waals surface area contributed by atoms with E-state index in [-0.39, 0.29) is 5.91 Å². The SMILES string of the molecule is CCn1cc(CNC(=O)c2cc(C)nc3ncnn23)cn1. The number of nitrogens with one attached hydrogen (secondary N) is 1. The van der Waals surface area contributed by atoms with E-state index in [1.54, 1.807) is 12.3 Å². The number of amides is 1. The van der Waals surface area contributed by atoms with Gasteiger partial charge in [0.05, 0.1) is 6.20 Å². The van der Waals surface area contributed by atoms with Gasteiger partial charge in [0, 0.05) is 30.5 Å². The van der Waals surface area contributed by atoms with E-state index < -0.39 is 0 Å². The zero-order chi connectivity index (χ0) is 14.8. The highest BCUT2D eigenvalue weighted by atomic mass is 16.2. The molecule has 0 aromatic carbocycles. The Labute approximate surface area is 120 Å². The molecule has 0 aliphatic heterocycles. The molecule has 0 radical (unpaired) electrons. The van der Waals surface area contributed by atoms with Crippen LogP contribution in [0.5, 0.6) is 0 Å². The van der Waals surface area contributed by atoms with Crippen LogP contribution in [-0.2, 0) is 13.1 Å². The van der Waals surface area contributed by atoms with Crippen molar-refractivity contribution in [1.29, 1.82) is 0 Å². The van der Waals surface area contributed by atoms with Crippen LogP contribution in [0.25, 0.3) is 5.78 Å². The van der Waals surface area contributed by atoms with E-state index in [1.165, 1.54) is 10.8 Å². The van der Waals surface area contributed by atoms with Gasteiger partial charge in [-0.05, 0) is 19.9 Å². The van der Waals surface area contributed by atoms with Gasteiger partial charge in [-0.2, -0.15) is 19.7 Å². The fourth-order valence-corrected chi connectivity index (χ4v) is 2.04. The van der Waals surface area contributed by atoms with Crippen LogP contribution in [0.15, 0.2) is 24.8 Å². The van der Waals surface area contributed by atoms with E-state index in [4.69, 9.17) is 0 Å². The van der Waals surface area contributed by atoms with E-state index >= 15 is 0 Å². The van der Waals surface area contributed by atoms with Gasteiger partial charge in [-0.3, -0.25) is 9.48 Å². The zero-order valence-electron chi connectivity index (χ0n) is 11.8. The van der Waals surface area contributed by atoms with Crippen LogP contribution in [0.1, 0.15) is 28.7 Å². The molecule has 0 aliphatic carbocycles. The van der Waals surface area contributed by atoms with Crippen molar-refractivity contribution in [3.8, 4) is 0 Å². The second kappa shape index (κ2) is 5.31. The first-order valence-electron chi connectivity index (χ1n) is 6.64. The lowest BCUT2D eigenvalue weighted by Gasteiger charge is -2.06. The average Bonchev–Trinajstić information content (AvgIpc) is 3.12. The number of aryl methyl sites for hydroxylation is 2. The molecule has 0 saturated carbocycles. The molecule has 0 unspecified atom stereocenters. The van der Waals surface area contributed by atoms with Gasteiger partial charge in [-0.15, -0.1) is 0 Å². The van der Waals surface area contributed by atoms with Gasteiger partial charge in [-0.25, -0.2) is 4.98 Å². The van der Waals surface area contributed by atoms with Crippen molar-refractivity contribution in [1.82, 2.24) is 34.7 Å². The highest BCUT2D eigenvalue weighted by Gasteiger charge is 2.13. The molecule has 0 fully saturated rings. The average molecular weight is 285 g/mol. The molecule has 0 atom stereocenters. The van der Waals surface area contributed by atoms with E-state index in [0.29, 0.717) is 18.0 Å². The van der Waals surface area contributed by atoms with E-state index in [2.05, 4.69) is 25.5 Å². The molecule has 0 bridgehead atoms. The first-order valence-corrected chi connectivity index (χ1v) is 6.64. The highest BCUT2D eigenvalue weighted by Crippen LogP contribution is 2.05. The molecule has 21 heavy (non-hydrogen) atoms. The van der Waals surface area contributed by atoms with Gasteiger partial charge >= 0.3 is 0 Å². The number of nitrogens with zero attached hydrogens (tertiary/aromatic N) is 6. The van der Waals surface area contributed by atoms with Crippen molar-refractivity contribution in [2.24, 2.45) is 0 Å². The number of fused-ring (bicyclic) bond motifs is 1. The topological polar surface area (TPSA) is 90.0 Å². The Morgan fingerprint density at radius 3 is 3.00 bits per heavy atom. The maximum Gasteiger partial charge on any atom is 0.270 e. The lowest BCUT2D eigenvalue weighted by atomic mass is 10.3. The van der Waals surface area contributed by atoms with Gasteiger partial charge in [0.25, 0.3) is 11.7 Å². The highest BCUT2D eigenvalue weighted by molar-refractivity contribution is 5.92. The molecule has 3 aromatic heterocycles. The number of aromatic nitrogens is 6. The second-order valence-corrected chi connectivity index (χ2v) is 4.64. The number of carbonyl (C=O) groups excluding carboxylic acids is 1. The molecule has 0 saturated heterocycles. The monoisotopic (exact) mass is 285 g/mol. The Bertz CT molecular complexity index is 789. The molecule has 3 aromatic rings. The molecule has 0 aliphatic rings. The minimum atomic E-state index is -0.222. The third-order valence-electron chi connectivity index (χ3n) is 3.08. The summed E-state index contributed by atoms with van der Waals surface area (Å²) in [6.45, 7) is 5.04. The van der Waals surface area contributed by atoms with Gasteiger partial charge in [0.2, 0.25) is 0 Å². The van der Waals surface area contributed by atoms with Gasteiger partial charge < -0.3 is 5.32 Å². The van der Waals surface area contributed by atoms with Crippen LogP contribution in [0.3, 0.4) is 0 Å². The summed E-state index contributed by atoms with van der Waals surface area (Å²) >= 11 is 0. The second-order valence-electron chi connectivity index (χ2n) is 4.64. The maximum atomic E-state index is 12.3. The number of rotatable bonds is 4. The van der Waals surface area contributed by atoms with Crippen molar-refractivity contribution >= 4 is 11.7 Å². The largest absolute Gasteiger partial charge is 0.347 e. The van der Waals surface area contributed by atoms with Crippen molar-refractivity contribution in [3.63, 3.8) is 0 Å². The molecule has 8 heteroatoms. The summed E-state index contributed by atoms with van der Waals surface area (Å²) < 4.78 is 3.24. The van der Waals surface area contributed by atoms with Crippen LogP contribution < -0.4 is 5.32 Å². The Balaban J connectivity index is 1.79. The number of hydrogen-bond acceptors (Lipinski definition) is 5. The van der Waals surface area contributed by atoms with Crippen molar-refractivity contribution in [2.45, 2.75) is 26.9 Å². The lowest BCUT2D eigenvalue weighted by Crippen LogP contribution is -2.25. The van der Waals surface area contributed by atoms with Crippen LogP contribution in [0.4, 0.5) is 0 Å². The molecule has 8 nitrogen and oxygen atoms in total. The normalized spacial score (nSPS) is 11.0. The Hall–Kier alpha value is -2.77. The van der Waals surface area contributed by atoms with Crippen molar-refractivity contribution in [3.05, 3.63) is 41.7 Å². The molecular formula is C13H15N7O. The lowest BCUT2D eigenvalue weighted by molar-refractivity contribution is 0.0943. The molecule has 3 heterocycles. The Kier molecular flexibility index (Phi) is 3.35.